The van der Waals surface area contributed by atoms with Crippen molar-refractivity contribution in [2.75, 3.05) is 16.4 Å². The second kappa shape index (κ2) is 6.22. The molecule has 3 nitrogen and oxygen atoms in total. The zero-order chi connectivity index (χ0) is 14.7. The van der Waals surface area contributed by atoms with Gasteiger partial charge in [0.05, 0.1) is 11.4 Å². The van der Waals surface area contributed by atoms with Gasteiger partial charge in [0.15, 0.2) is 0 Å². The van der Waals surface area contributed by atoms with E-state index >= 15 is 0 Å². The van der Waals surface area contributed by atoms with Crippen LogP contribution in [0.2, 0.25) is 0 Å². The molecule has 1 heterocycles. The standard InChI is InChI=1S/C17H18N2OS/c1-2-12-5-3-4-6-13(12)10-18-14-7-8-16-15(9-14)19-17(20)11-21-16/h3-9,18H,2,10-11H2,1H3,(H,19,20). The number of anilines is 2. The first-order valence-electron chi connectivity index (χ1n) is 7.13. The lowest BCUT2D eigenvalue weighted by Crippen LogP contribution is -2.18. The van der Waals surface area contributed by atoms with E-state index in [9.17, 15) is 4.79 Å². The molecule has 0 unspecified atom stereocenters. The van der Waals surface area contributed by atoms with E-state index < -0.39 is 0 Å². The van der Waals surface area contributed by atoms with E-state index in [1.165, 1.54) is 11.1 Å². The Morgan fingerprint density at radius 3 is 2.81 bits per heavy atom. The Balaban J connectivity index is 1.74. The maximum absolute atomic E-state index is 11.4. The summed E-state index contributed by atoms with van der Waals surface area (Å²) in [6, 6.07) is 14.6. The molecule has 1 aliphatic rings. The number of rotatable bonds is 4. The topological polar surface area (TPSA) is 41.1 Å². The number of hydrogen-bond donors (Lipinski definition) is 2. The average Bonchev–Trinajstić information content (AvgIpc) is 2.52. The fraction of sp³-hybridized carbons (Fsp3) is 0.235. The van der Waals surface area contributed by atoms with Gasteiger partial charge < -0.3 is 10.6 Å². The Hall–Kier alpha value is -1.94. The molecule has 2 aromatic rings. The van der Waals surface area contributed by atoms with Crippen molar-refractivity contribution >= 4 is 29.0 Å². The molecular formula is C17H18N2OS. The van der Waals surface area contributed by atoms with Gasteiger partial charge in [-0.1, -0.05) is 31.2 Å². The number of benzene rings is 2. The molecule has 1 amide bonds. The minimum absolute atomic E-state index is 0.0704. The van der Waals surface area contributed by atoms with Crippen molar-refractivity contribution in [1.29, 1.82) is 0 Å². The minimum Gasteiger partial charge on any atom is -0.381 e. The van der Waals surface area contributed by atoms with Crippen LogP contribution in [0.4, 0.5) is 11.4 Å². The quantitative estimate of drug-likeness (QED) is 0.899. The fourth-order valence-electron chi connectivity index (χ4n) is 2.47. The van der Waals surface area contributed by atoms with Crippen LogP contribution in [-0.4, -0.2) is 11.7 Å². The van der Waals surface area contributed by atoms with Crippen molar-refractivity contribution < 1.29 is 4.79 Å². The SMILES string of the molecule is CCc1ccccc1CNc1ccc2c(c1)NC(=O)CS2. The number of nitrogens with one attached hydrogen (secondary N) is 2. The van der Waals surface area contributed by atoms with Gasteiger partial charge >= 0.3 is 0 Å². The molecule has 0 aliphatic carbocycles. The predicted octanol–water partition coefficient (Wildman–Crippen LogP) is 3.91. The highest BCUT2D eigenvalue weighted by Gasteiger charge is 2.15. The van der Waals surface area contributed by atoms with Gasteiger partial charge in [0.1, 0.15) is 0 Å². The van der Waals surface area contributed by atoms with Crippen LogP contribution in [0.5, 0.6) is 0 Å². The van der Waals surface area contributed by atoms with Crippen LogP contribution in [0, 0.1) is 0 Å². The van der Waals surface area contributed by atoms with Gasteiger partial charge in [-0.2, -0.15) is 0 Å². The zero-order valence-electron chi connectivity index (χ0n) is 12.0. The van der Waals surface area contributed by atoms with Crippen molar-refractivity contribution in [2.24, 2.45) is 0 Å². The highest BCUT2D eigenvalue weighted by molar-refractivity contribution is 8.00. The number of aryl methyl sites for hydroxylation is 1. The molecule has 0 aromatic heterocycles. The van der Waals surface area contributed by atoms with Crippen LogP contribution in [-0.2, 0) is 17.8 Å². The highest BCUT2D eigenvalue weighted by Crippen LogP contribution is 2.33. The summed E-state index contributed by atoms with van der Waals surface area (Å²) in [5.74, 6) is 0.574. The van der Waals surface area contributed by atoms with E-state index in [2.05, 4.69) is 54.0 Å². The second-order valence-corrected chi connectivity index (χ2v) is 6.04. The van der Waals surface area contributed by atoms with E-state index in [0.29, 0.717) is 5.75 Å². The lowest BCUT2D eigenvalue weighted by atomic mass is 10.1. The van der Waals surface area contributed by atoms with Crippen LogP contribution in [0.3, 0.4) is 0 Å². The summed E-state index contributed by atoms with van der Waals surface area (Å²) in [5.41, 5.74) is 4.62. The van der Waals surface area contributed by atoms with Gasteiger partial charge in [-0.3, -0.25) is 4.79 Å². The smallest absolute Gasteiger partial charge is 0.234 e. The average molecular weight is 298 g/mol. The van der Waals surface area contributed by atoms with E-state index in [-0.39, 0.29) is 5.91 Å². The summed E-state index contributed by atoms with van der Waals surface area (Å²) in [5, 5.41) is 6.36. The van der Waals surface area contributed by atoms with Crippen LogP contribution in [0.1, 0.15) is 18.1 Å². The van der Waals surface area contributed by atoms with Crippen molar-refractivity contribution in [1.82, 2.24) is 0 Å². The van der Waals surface area contributed by atoms with Crippen molar-refractivity contribution in [3.8, 4) is 0 Å². The Morgan fingerprint density at radius 1 is 1.19 bits per heavy atom. The van der Waals surface area contributed by atoms with Crippen molar-refractivity contribution in [2.45, 2.75) is 24.8 Å². The molecule has 0 saturated carbocycles. The third-order valence-electron chi connectivity index (χ3n) is 3.59. The van der Waals surface area contributed by atoms with Crippen LogP contribution in [0.15, 0.2) is 47.4 Å². The van der Waals surface area contributed by atoms with E-state index in [1.807, 2.05) is 6.07 Å². The molecule has 0 atom stereocenters. The Kier molecular flexibility index (Phi) is 4.15. The van der Waals surface area contributed by atoms with Gasteiger partial charge in [0, 0.05) is 17.1 Å². The third kappa shape index (κ3) is 3.22. The van der Waals surface area contributed by atoms with E-state index in [4.69, 9.17) is 0 Å². The van der Waals surface area contributed by atoms with Gasteiger partial charge in [-0.25, -0.2) is 0 Å². The Morgan fingerprint density at radius 2 is 2.00 bits per heavy atom. The van der Waals surface area contributed by atoms with Gasteiger partial charge in [-0.15, -0.1) is 11.8 Å². The number of amides is 1. The monoisotopic (exact) mass is 298 g/mol. The van der Waals surface area contributed by atoms with Gasteiger partial charge in [-0.05, 0) is 35.7 Å². The molecule has 2 N–H and O–H groups in total. The van der Waals surface area contributed by atoms with Crippen molar-refractivity contribution in [3.05, 3.63) is 53.6 Å². The molecule has 0 bridgehead atoms. The summed E-state index contributed by atoms with van der Waals surface area (Å²) in [7, 11) is 0. The van der Waals surface area contributed by atoms with E-state index in [0.717, 1.165) is 29.2 Å². The molecule has 108 valence electrons. The zero-order valence-corrected chi connectivity index (χ0v) is 12.8. The summed E-state index contributed by atoms with van der Waals surface area (Å²) in [4.78, 5) is 12.6. The lowest BCUT2D eigenvalue weighted by molar-refractivity contribution is -0.113. The molecule has 0 saturated heterocycles. The minimum atomic E-state index is 0.0704. The molecule has 3 rings (SSSR count). The van der Waals surface area contributed by atoms with Gasteiger partial charge in [0.2, 0.25) is 5.91 Å². The first-order chi connectivity index (χ1) is 10.3. The van der Waals surface area contributed by atoms with Crippen molar-refractivity contribution in [3.63, 3.8) is 0 Å². The second-order valence-electron chi connectivity index (χ2n) is 5.02. The molecule has 21 heavy (non-hydrogen) atoms. The number of fused-ring (bicyclic) bond motifs is 1. The summed E-state index contributed by atoms with van der Waals surface area (Å²) < 4.78 is 0. The van der Waals surface area contributed by atoms with Crippen LogP contribution in [0.25, 0.3) is 0 Å². The molecule has 1 aliphatic heterocycles. The number of thioether (sulfide) groups is 1. The molecule has 2 aromatic carbocycles. The van der Waals surface area contributed by atoms with Crippen LogP contribution < -0.4 is 10.6 Å². The summed E-state index contributed by atoms with van der Waals surface area (Å²) >= 11 is 1.59. The molecule has 0 spiro atoms. The fourth-order valence-corrected chi connectivity index (χ4v) is 3.25. The van der Waals surface area contributed by atoms with Gasteiger partial charge in [0.25, 0.3) is 0 Å². The highest BCUT2D eigenvalue weighted by atomic mass is 32.2. The summed E-state index contributed by atoms with van der Waals surface area (Å²) in [6.07, 6.45) is 1.04. The first-order valence-corrected chi connectivity index (χ1v) is 8.12. The molecular weight excluding hydrogens is 280 g/mol. The predicted molar refractivity (Wildman–Crippen MR) is 88.9 cm³/mol. The summed E-state index contributed by atoms with van der Waals surface area (Å²) in [6.45, 7) is 2.97. The largest absolute Gasteiger partial charge is 0.381 e. The Labute approximate surface area is 129 Å². The van der Waals surface area contributed by atoms with E-state index in [1.54, 1.807) is 11.8 Å². The number of hydrogen-bond acceptors (Lipinski definition) is 3. The normalized spacial score (nSPS) is 13.5. The maximum atomic E-state index is 11.4. The molecule has 4 heteroatoms. The van der Waals surface area contributed by atoms with Crippen LogP contribution >= 0.6 is 11.8 Å². The lowest BCUT2D eigenvalue weighted by Gasteiger charge is -2.18. The molecule has 0 fully saturated rings. The Bertz CT molecular complexity index is 670. The first kappa shape index (κ1) is 14.0. The number of carbonyl (C=O) groups excluding carboxylic acids is 1. The third-order valence-corrected chi connectivity index (χ3v) is 4.67. The number of carbonyl (C=O) groups is 1. The maximum Gasteiger partial charge on any atom is 0.234 e. The molecule has 0 radical (unpaired) electrons.